The Labute approximate surface area is 108 Å². The summed E-state index contributed by atoms with van der Waals surface area (Å²) in [6.45, 7) is 1.45. The zero-order chi connectivity index (χ0) is 13.0. The lowest BCUT2D eigenvalue weighted by Crippen LogP contribution is -2.34. The SMILES string of the molecule is COCc1ccc(C(NCC2CC2)C(N)=O)cc1. The first-order valence-electron chi connectivity index (χ1n) is 6.31. The van der Waals surface area contributed by atoms with Gasteiger partial charge < -0.3 is 15.8 Å². The molecule has 1 unspecified atom stereocenters. The van der Waals surface area contributed by atoms with Gasteiger partial charge in [-0.2, -0.15) is 0 Å². The van der Waals surface area contributed by atoms with Crippen LogP contribution in [-0.4, -0.2) is 19.6 Å². The van der Waals surface area contributed by atoms with Gasteiger partial charge in [-0.1, -0.05) is 24.3 Å². The molecule has 4 nitrogen and oxygen atoms in total. The summed E-state index contributed by atoms with van der Waals surface area (Å²) in [7, 11) is 1.66. The van der Waals surface area contributed by atoms with Gasteiger partial charge in [-0.25, -0.2) is 0 Å². The molecule has 4 heteroatoms. The first-order chi connectivity index (χ1) is 8.70. The highest BCUT2D eigenvalue weighted by Crippen LogP contribution is 2.28. The van der Waals surface area contributed by atoms with Gasteiger partial charge in [0.25, 0.3) is 0 Å². The second kappa shape index (κ2) is 5.98. The number of methoxy groups -OCH3 is 1. The van der Waals surface area contributed by atoms with Crippen molar-refractivity contribution in [1.29, 1.82) is 0 Å². The van der Waals surface area contributed by atoms with Crippen LogP contribution < -0.4 is 11.1 Å². The molecule has 0 saturated heterocycles. The molecule has 0 aromatic heterocycles. The first-order valence-corrected chi connectivity index (χ1v) is 6.31. The lowest BCUT2D eigenvalue weighted by Gasteiger charge is -2.16. The predicted octanol–water partition coefficient (Wildman–Crippen LogP) is 1.36. The quantitative estimate of drug-likeness (QED) is 0.765. The normalized spacial score (nSPS) is 16.5. The molecule has 1 amide bonds. The second-order valence-electron chi connectivity index (χ2n) is 4.86. The van der Waals surface area contributed by atoms with E-state index < -0.39 is 0 Å². The van der Waals surface area contributed by atoms with E-state index in [9.17, 15) is 4.79 Å². The molecule has 1 saturated carbocycles. The summed E-state index contributed by atoms with van der Waals surface area (Å²) in [5.41, 5.74) is 7.45. The fourth-order valence-corrected chi connectivity index (χ4v) is 1.96. The average molecular weight is 248 g/mol. The van der Waals surface area contributed by atoms with Crippen molar-refractivity contribution >= 4 is 5.91 Å². The van der Waals surface area contributed by atoms with Gasteiger partial charge in [0, 0.05) is 7.11 Å². The van der Waals surface area contributed by atoms with Crippen LogP contribution in [0.5, 0.6) is 0 Å². The number of hydrogen-bond donors (Lipinski definition) is 2. The highest BCUT2D eigenvalue weighted by Gasteiger charge is 2.24. The van der Waals surface area contributed by atoms with E-state index in [1.807, 2.05) is 24.3 Å². The van der Waals surface area contributed by atoms with Crippen LogP contribution in [0.4, 0.5) is 0 Å². The van der Waals surface area contributed by atoms with Crippen molar-refractivity contribution in [2.75, 3.05) is 13.7 Å². The summed E-state index contributed by atoms with van der Waals surface area (Å²) in [5, 5.41) is 3.24. The van der Waals surface area contributed by atoms with Crippen molar-refractivity contribution in [1.82, 2.24) is 5.32 Å². The molecule has 0 spiro atoms. The smallest absolute Gasteiger partial charge is 0.239 e. The lowest BCUT2D eigenvalue weighted by molar-refractivity contribution is -0.120. The molecule has 18 heavy (non-hydrogen) atoms. The van der Waals surface area contributed by atoms with E-state index in [0.717, 1.165) is 23.6 Å². The maximum Gasteiger partial charge on any atom is 0.239 e. The van der Waals surface area contributed by atoms with E-state index in [0.29, 0.717) is 6.61 Å². The number of rotatable bonds is 7. The minimum Gasteiger partial charge on any atom is -0.380 e. The minimum atomic E-state index is -0.387. The van der Waals surface area contributed by atoms with Gasteiger partial charge in [-0.05, 0) is 36.4 Å². The maximum atomic E-state index is 11.5. The third-order valence-corrected chi connectivity index (χ3v) is 3.22. The van der Waals surface area contributed by atoms with Crippen molar-refractivity contribution in [2.45, 2.75) is 25.5 Å². The Bertz CT molecular complexity index is 399. The molecule has 1 fully saturated rings. The Morgan fingerprint density at radius 3 is 2.61 bits per heavy atom. The molecular weight excluding hydrogens is 228 g/mol. The standard InChI is InChI=1S/C14H20N2O2/c1-18-9-11-4-6-12(7-5-11)13(14(15)17)16-8-10-2-3-10/h4-7,10,13,16H,2-3,8-9H2,1H3,(H2,15,17). The lowest BCUT2D eigenvalue weighted by atomic mass is 10.0. The third kappa shape index (κ3) is 3.55. The monoisotopic (exact) mass is 248 g/mol. The van der Waals surface area contributed by atoms with Gasteiger partial charge in [0.2, 0.25) is 5.91 Å². The third-order valence-electron chi connectivity index (χ3n) is 3.22. The number of benzene rings is 1. The highest BCUT2D eigenvalue weighted by atomic mass is 16.5. The van der Waals surface area contributed by atoms with Crippen molar-refractivity contribution in [3.63, 3.8) is 0 Å². The molecule has 3 N–H and O–H groups in total. The van der Waals surface area contributed by atoms with Crippen LogP contribution in [0, 0.1) is 5.92 Å². The summed E-state index contributed by atoms with van der Waals surface area (Å²) in [6, 6.07) is 7.41. The predicted molar refractivity (Wildman–Crippen MR) is 69.8 cm³/mol. The minimum absolute atomic E-state index is 0.324. The summed E-state index contributed by atoms with van der Waals surface area (Å²) in [5.74, 6) is 0.398. The van der Waals surface area contributed by atoms with E-state index in [-0.39, 0.29) is 11.9 Å². The molecule has 2 rings (SSSR count). The van der Waals surface area contributed by atoms with Crippen molar-refractivity contribution < 1.29 is 9.53 Å². The van der Waals surface area contributed by atoms with Crippen molar-refractivity contribution in [3.8, 4) is 0 Å². The molecule has 1 aromatic rings. The van der Waals surface area contributed by atoms with Crippen LogP contribution in [0.3, 0.4) is 0 Å². The average Bonchev–Trinajstić information content (AvgIpc) is 3.15. The fourth-order valence-electron chi connectivity index (χ4n) is 1.96. The van der Waals surface area contributed by atoms with E-state index in [4.69, 9.17) is 10.5 Å². The highest BCUT2D eigenvalue weighted by molar-refractivity contribution is 5.81. The number of primary amides is 1. The van der Waals surface area contributed by atoms with Crippen LogP contribution in [0.15, 0.2) is 24.3 Å². The number of carbonyl (C=O) groups is 1. The van der Waals surface area contributed by atoms with E-state index >= 15 is 0 Å². The molecular formula is C14H20N2O2. The van der Waals surface area contributed by atoms with Crippen LogP contribution in [0.1, 0.15) is 30.0 Å². The molecule has 0 bridgehead atoms. The van der Waals surface area contributed by atoms with Crippen LogP contribution in [0.2, 0.25) is 0 Å². The molecule has 0 aliphatic heterocycles. The van der Waals surface area contributed by atoms with Crippen molar-refractivity contribution in [3.05, 3.63) is 35.4 Å². The number of amides is 1. The summed E-state index contributed by atoms with van der Waals surface area (Å²) in [6.07, 6.45) is 2.51. The Morgan fingerprint density at radius 1 is 1.44 bits per heavy atom. The molecule has 1 atom stereocenters. The zero-order valence-corrected chi connectivity index (χ0v) is 10.7. The Morgan fingerprint density at radius 2 is 2.11 bits per heavy atom. The van der Waals surface area contributed by atoms with E-state index in [1.165, 1.54) is 12.8 Å². The number of nitrogens with one attached hydrogen (secondary N) is 1. The maximum absolute atomic E-state index is 11.5. The number of carbonyl (C=O) groups excluding carboxylic acids is 1. The van der Waals surface area contributed by atoms with Gasteiger partial charge in [-0.15, -0.1) is 0 Å². The summed E-state index contributed by atoms with van der Waals surface area (Å²) >= 11 is 0. The fraction of sp³-hybridized carbons (Fsp3) is 0.500. The summed E-state index contributed by atoms with van der Waals surface area (Å²) in [4.78, 5) is 11.5. The van der Waals surface area contributed by atoms with E-state index in [1.54, 1.807) is 7.11 Å². The van der Waals surface area contributed by atoms with Gasteiger partial charge in [0.1, 0.15) is 6.04 Å². The van der Waals surface area contributed by atoms with E-state index in [2.05, 4.69) is 5.32 Å². The van der Waals surface area contributed by atoms with Crippen LogP contribution in [-0.2, 0) is 16.1 Å². The number of ether oxygens (including phenoxy) is 1. The zero-order valence-electron chi connectivity index (χ0n) is 10.7. The van der Waals surface area contributed by atoms with Gasteiger partial charge in [0.15, 0.2) is 0 Å². The van der Waals surface area contributed by atoms with Gasteiger partial charge in [0.05, 0.1) is 6.61 Å². The van der Waals surface area contributed by atoms with Crippen LogP contribution >= 0.6 is 0 Å². The molecule has 1 aromatic carbocycles. The number of nitrogens with two attached hydrogens (primary N) is 1. The Balaban J connectivity index is 2.01. The van der Waals surface area contributed by atoms with Gasteiger partial charge >= 0.3 is 0 Å². The topological polar surface area (TPSA) is 64.3 Å². The molecule has 0 radical (unpaired) electrons. The molecule has 1 aliphatic carbocycles. The Hall–Kier alpha value is -1.39. The van der Waals surface area contributed by atoms with Gasteiger partial charge in [-0.3, -0.25) is 4.79 Å². The first kappa shape index (κ1) is 13.1. The molecule has 98 valence electrons. The largest absolute Gasteiger partial charge is 0.380 e. The Kier molecular flexibility index (Phi) is 4.33. The second-order valence-corrected chi connectivity index (χ2v) is 4.86. The molecule has 0 heterocycles. The van der Waals surface area contributed by atoms with Crippen molar-refractivity contribution in [2.24, 2.45) is 11.7 Å². The number of hydrogen-bond acceptors (Lipinski definition) is 3. The summed E-state index contributed by atoms with van der Waals surface area (Å²) < 4.78 is 5.06. The van der Waals surface area contributed by atoms with Crippen LogP contribution in [0.25, 0.3) is 0 Å². The molecule has 1 aliphatic rings.